The molecule has 1 N–H and O–H groups in total. The molecule has 2 aromatic rings. The molecule has 0 aliphatic rings. The average Bonchev–Trinajstić information content (AvgIpc) is 2.51. The minimum absolute atomic E-state index is 0.730. The zero-order chi connectivity index (χ0) is 15.1. The largest absolute Gasteiger partial charge is 0.457 e. The lowest BCUT2D eigenvalue weighted by atomic mass is 10.2. The molecule has 0 spiro atoms. The summed E-state index contributed by atoms with van der Waals surface area (Å²) in [4.78, 5) is 1.23. The SMILES string of the molecule is CCCNCc1cc(Cl)ccc1Oc1ccc(SC)cc1. The Bertz CT molecular complexity index is 572. The molecule has 0 saturated heterocycles. The molecule has 0 aromatic heterocycles. The van der Waals surface area contributed by atoms with E-state index in [4.69, 9.17) is 16.3 Å². The van der Waals surface area contributed by atoms with Crippen LogP contribution in [0.4, 0.5) is 0 Å². The Balaban J connectivity index is 2.13. The van der Waals surface area contributed by atoms with E-state index in [1.54, 1.807) is 11.8 Å². The van der Waals surface area contributed by atoms with Gasteiger partial charge in [0.25, 0.3) is 0 Å². The number of ether oxygens (including phenoxy) is 1. The van der Waals surface area contributed by atoms with E-state index in [-0.39, 0.29) is 0 Å². The fourth-order valence-electron chi connectivity index (χ4n) is 1.96. The molecule has 0 aliphatic heterocycles. The molecule has 112 valence electrons. The van der Waals surface area contributed by atoms with E-state index in [0.717, 1.165) is 41.6 Å². The zero-order valence-electron chi connectivity index (χ0n) is 12.4. The van der Waals surface area contributed by atoms with Gasteiger partial charge in [-0.2, -0.15) is 0 Å². The van der Waals surface area contributed by atoms with Crippen molar-refractivity contribution in [3.8, 4) is 11.5 Å². The van der Waals surface area contributed by atoms with Crippen LogP contribution in [0.5, 0.6) is 11.5 Å². The number of halogens is 1. The van der Waals surface area contributed by atoms with Crippen LogP contribution in [0.2, 0.25) is 5.02 Å². The van der Waals surface area contributed by atoms with Crippen molar-refractivity contribution < 1.29 is 4.74 Å². The molecule has 0 heterocycles. The van der Waals surface area contributed by atoms with Crippen molar-refractivity contribution in [1.82, 2.24) is 5.32 Å². The third-order valence-electron chi connectivity index (χ3n) is 3.05. The van der Waals surface area contributed by atoms with Gasteiger partial charge in [0.15, 0.2) is 0 Å². The van der Waals surface area contributed by atoms with Crippen LogP contribution in [0.25, 0.3) is 0 Å². The third kappa shape index (κ3) is 4.95. The molecule has 0 unspecified atom stereocenters. The topological polar surface area (TPSA) is 21.3 Å². The summed E-state index contributed by atoms with van der Waals surface area (Å²) < 4.78 is 5.99. The highest BCUT2D eigenvalue weighted by Gasteiger charge is 2.06. The summed E-state index contributed by atoms with van der Waals surface area (Å²) >= 11 is 7.81. The van der Waals surface area contributed by atoms with Gasteiger partial charge < -0.3 is 10.1 Å². The molecule has 2 aromatic carbocycles. The molecule has 0 saturated carbocycles. The van der Waals surface area contributed by atoms with Crippen molar-refractivity contribution in [2.45, 2.75) is 24.8 Å². The van der Waals surface area contributed by atoms with E-state index in [2.05, 4.69) is 30.6 Å². The van der Waals surface area contributed by atoms with Crippen LogP contribution in [0.15, 0.2) is 47.4 Å². The van der Waals surface area contributed by atoms with Crippen LogP contribution in [0.3, 0.4) is 0 Å². The molecular formula is C17H20ClNOS. The molecule has 0 fully saturated rings. The van der Waals surface area contributed by atoms with Crippen molar-refractivity contribution in [3.05, 3.63) is 53.1 Å². The van der Waals surface area contributed by atoms with Crippen LogP contribution >= 0.6 is 23.4 Å². The lowest BCUT2D eigenvalue weighted by Crippen LogP contribution is -2.14. The first-order valence-electron chi connectivity index (χ1n) is 7.04. The van der Waals surface area contributed by atoms with Gasteiger partial charge in [0.05, 0.1) is 0 Å². The summed E-state index contributed by atoms with van der Waals surface area (Å²) in [5, 5.41) is 4.11. The minimum atomic E-state index is 0.730. The van der Waals surface area contributed by atoms with E-state index < -0.39 is 0 Å². The number of hydrogen-bond donors (Lipinski definition) is 1. The molecule has 4 heteroatoms. The minimum Gasteiger partial charge on any atom is -0.457 e. The summed E-state index contributed by atoms with van der Waals surface area (Å²) in [5.41, 5.74) is 1.07. The highest BCUT2D eigenvalue weighted by molar-refractivity contribution is 7.98. The molecule has 0 radical (unpaired) electrons. The molecule has 0 atom stereocenters. The first kappa shape index (κ1) is 16.2. The van der Waals surface area contributed by atoms with Crippen molar-refractivity contribution >= 4 is 23.4 Å². The predicted molar refractivity (Wildman–Crippen MR) is 91.7 cm³/mol. The molecule has 21 heavy (non-hydrogen) atoms. The van der Waals surface area contributed by atoms with Crippen molar-refractivity contribution in [2.75, 3.05) is 12.8 Å². The normalized spacial score (nSPS) is 10.6. The number of hydrogen-bond acceptors (Lipinski definition) is 3. The molecule has 0 aliphatic carbocycles. The first-order valence-corrected chi connectivity index (χ1v) is 8.64. The fraction of sp³-hybridized carbons (Fsp3) is 0.294. The monoisotopic (exact) mass is 321 g/mol. The maximum absolute atomic E-state index is 6.09. The molecule has 0 bridgehead atoms. The highest BCUT2D eigenvalue weighted by atomic mass is 35.5. The van der Waals surface area contributed by atoms with Crippen LogP contribution < -0.4 is 10.1 Å². The summed E-state index contributed by atoms with van der Waals surface area (Å²) in [7, 11) is 0. The van der Waals surface area contributed by atoms with Gasteiger partial charge in [0.1, 0.15) is 11.5 Å². The maximum atomic E-state index is 6.09. The Morgan fingerprint density at radius 2 is 1.90 bits per heavy atom. The fourth-order valence-corrected chi connectivity index (χ4v) is 2.56. The summed E-state index contributed by atoms with van der Waals surface area (Å²) in [5.74, 6) is 1.69. The standard InChI is InChI=1S/C17H20ClNOS/c1-3-10-19-12-13-11-14(18)4-9-17(13)20-15-5-7-16(21-2)8-6-15/h4-9,11,19H,3,10,12H2,1-2H3. The average molecular weight is 322 g/mol. The van der Waals surface area contributed by atoms with Crippen LogP contribution in [0, 0.1) is 0 Å². The van der Waals surface area contributed by atoms with Crippen LogP contribution in [-0.4, -0.2) is 12.8 Å². The van der Waals surface area contributed by atoms with Gasteiger partial charge in [0, 0.05) is 22.0 Å². The first-order chi connectivity index (χ1) is 10.2. The number of thioether (sulfide) groups is 1. The molecular weight excluding hydrogens is 302 g/mol. The van der Waals surface area contributed by atoms with Gasteiger partial charge in [-0.25, -0.2) is 0 Å². The number of rotatable bonds is 7. The van der Waals surface area contributed by atoms with Gasteiger partial charge in [0.2, 0.25) is 0 Å². The molecule has 0 amide bonds. The lowest BCUT2D eigenvalue weighted by Gasteiger charge is -2.12. The third-order valence-corrected chi connectivity index (χ3v) is 4.03. The Morgan fingerprint density at radius 1 is 1.14 bits per heavy atom. The summed E-state index contributed by atoms with van der Waals surface area (Å²) in [6.07, 6.45) is 3.17. The van der Waals surface area contributed by atoms with Crippen molar-refractivity contribution in [3.63, 3.8) is 0 Å². The van der Waals surface area contributed by atoms with Gasteiger partial charge in [-0.3, -0.25) is 0 Å². The predicted octanol–water partition coefficient (Wildman–Crippen LogP) is 5.35. The highest BCUT2D eigenvalue weighted by Crippen LogP contribution is 2.29. The number of benzene rings is 2. The zero-order valence-corrected chi connectivity index (χ0v) is 13.9. The Kier molecular flexibility index (Phi) is 6.43. The van der Waals surface area contributed by atoms with Crippen molar-refractivity contribution in [1.29, 1.82) is 0 Å². The quantitative estimate of drug-likeness (QED) is 0.548. The van der Waals surface area contributed by atoms with Gasteiger partial charge in [-0.05, 0) is 61.7 Å². The molecule has 2 rings (SSSR count). The van der Waals surface area contributed by atoms with Gasteiger partial charge >= 0.3 is 0 Å². The van der Waals surface area contributed by atoms with Gasteiger partial charge in [-0.1, -0.05) is 18.5 Å². The molecule has 2 nitrogen and oxygen atoms in total. The summed E-state index contributed by atoms with van der Waals surface area (Å²) in [6.45, 7) is 3.89. The van der Waals surface area contributed by atoms with E-state index >= 15 is 0 Å². The van der Waals surface area contributed by atoms with Crippen LogP contribution in [-0.2, 0) is 6.54 Å². The van der Waals surface area contributed by atoms with E-state index in [1.165, 1.54) is 4.90 Å². The van der Waals surface area contributed by atoms with E-state index in [9.17, 15) is 0 Å². The Morgan fingerprint density at radius 3 is 2.57 bits per heavy atom. The maximum Gasteiger partial charge on any atom is 0.132 e. The van der Waals surface area contributed by atoms with E-state index in [1.807, 2.05) is 30.3 Å². The second kappa shape index (κ2) is 8.32. The van der Waals surface area contributed by atoms with E-state index in [0.29, 0.717) is 0 Å². The van der Waals surface area contributed by atoms with Crippen molar-refractivity contribution in [2.24, 2.45) is 0 Å². The lowest BCUT2D eigenvalue weighted by molar-refractivity contribution is 0.472. The smallest absolute Gasteiger partial charge is 0.132 e. The Labute approximate surface area is 135 Å². The van der Waals surface area contributed by atoms with Gasteiger partial charge in [-0.15, -0.1) is 11.8 Å². The number of nitrogens with one attached hydrogen (secondary N) is 1. The summed E-state index contributed by atoms with van der Waals surface area (Å²) in [6, 6.07) is 13.8. The van der Waals surface area contributed by atoms with Crippen LogP contribution in [0.1, 0.15) is 18.9 Å². The second-order valence-corrected chi connectivity index (χ2v) is 6.02. The second-order valence-electron chi connectivity index (χ2n) is 4.71. The Hall–Kier alpha value is -1.16.